The van der Waals surface area contributed by atoms with E-state index >= 15 is 0 Å². The fraction of sp³-hybridized carbons (Fsp3) is 0.278. The summed E-state index contributed by atoms with van der Waals surface area (Å²) in [5.41, 5.74) is 1.63. The summed E-state index contributed by atoms with van der Waals surface area (Å²) in [5.74, 6) is 0.566. The summed E-state index contributed by atoms with van der Waals surface area (Å²) in [4.78, 5) is 12.4. The number of nitrogens with one attached hydrogen (secondary N) is 1. The normalized spacial score (nSPS) is 11.7. The first kappa shape index (κ1) is 15.9. The molecular formula is C18H21NO3. The summed E-state index contributed by atoms with van der Waals surface area (Å²) in [6, 6.07) is 14.7. The number of benzene rings is 2. The van der Waals surface area contributed by atoms with Gasteiger partial charge in [-0.15, -0.1) is 0 Å². The molecule has 1 atom stereocenters. The van der Waals surface area contributed by atoms with Gasteiger partial charge < -0.3 is 15.2 Å². The van der Waals surface area contributed by atoms with Crippen LogP contribution in [0.1, 0.15) is 30.4 Å². The van der Waals surface area contributed by atoms with Crippen LogP contribution in [0.5, 0.6) is 11.5 Å². The van der Waals surface area contributed by atoms with Crippen molar-refractivity contribution in [2.24, 2.45) is 0 Å². The standard InChI is InChI=1S/C18H21NO3/c1-3-16(13-7-5-4-6-8-13)18(21)19-12-14-11-15(22-2)9-10-17(14)20/h4-11,16,20H,3,12H2,1-2H3,(H,19,21). The van der Waals surface area contributed by atoms with Crippen LogP contribution < -0.4 is 10.1 Å². The fourth-order valence-electron chi connectivity index (χ4n) is 2.39. The Labute approximate surface area is 130 Å². The number of hydrogen-bond acceptors (Lipinski definition) is 3. The van der Waals surface area contributed by atoms with Crippen LogP contribution in [0, 0.1) is 0 Å². The molecule has 116 valence electrons. The second kappa shape index (κ2) is 7.50. The minimum Gasteiger partial charge on any atom is -0.508 e. The molecule has 2 aromatic carbocycles. The molecule has 0 fully saturated rings. The Kier molecular flexibility index (Phi) is 5.42. The molecule has 4 nitrogen and oxygen atoms in total. The highest BCUT2D eigenvalue weighted by atomic mass is 16.5. The number of phenols is 1. The molecule has 0 saturated heterocycles. The molecule has 22 heavy (non-hydrogen) atoms. The van der Waals surface area contributed by atoms with Crippen LogP contribution in [0.25, 0.3) is 0 Å². The van der Waals surface area contributed by atoms with Crippen molar-refractivity contribution in [3.63, 3.8) is 0 Å². The highest BCUT2D eigenvalue weighted by molar-refractivity contribution is 5.83. The van der Waals surface area contributed by atoms with E-state index in [1.165, 1.54) is 0 Å². The number of hydrogen-bond donors (Lipinski definition) is 2. The first-order chi connectivity index (χ1) is 10.7. The molecule has 0 heterocycles. The molecule has 2 N–H and O–H groups in total. The van der Waals surface area contributed by atoms with Crippen molar-refractivity contribution in [2.45, 2.75) is 25.8 Å². The number of carbonyl (C=O) groups is 1. The van der Waals surface area contributed by atoms with E-state index in [9.17, 15) is 9.90 Å². The maximum Gasteiger partial charge on any atom is 0.227 e. The average Bonchev–Trinajstić information content (AvgIpc) is 2.56. The maximum absolute atomic E-state index is 12.4. The molecule has 2 rings (SSSR count). The quantitative estimate of drug-likeness (QED) is 0.861. The molecule has 4 heteroatoms. The number of rotatable bonds is 6. The van der Waals surface area contributed by atoms with Crippen LogP contribution in [-0.4, -0.2) is 18.1 Å². The van der Waals surface area contributed by atoms with Crippen LogP contribution in [0.3, 0.4) is 0 Å². The van der Waals surface area contributed by atoms with E-state index in [0.717, 1.165) is 12.0 Å². The van der Waals surface area contributed by atoms with Gasteiger partial charge in [0.2, 0.25) is 5.91 Å². The number of phenolic OH excluding ortho intramolecular Hbond substituents is 1. The Morgan fingerprint density at radius 1 is 1.23 bits per heavy atom. The van der Waals surface area contributed by atoms with Gasteiger partial charge in [-0.05, 0) is 30.2 Å². The number of ether oxygens (including phenoxy) is 1. The van der Waals surface area contributed by atoms with Gasteiger partial charge in [-0.2, -0.15) is 0 Å². The molecule has 0 aromatic heterocycles. The van der Waals surface area contributed by atoms with Crippen LogP contribution in [0.15, 0.2) is 48.5 Å². The SMILES string of the molecule is CCC(C(=O)NCc1cc(OC)ccc1O)c1ccccc1. The zero-order valence-corrected chi connectivity index (χ0v) is 12.9. The molecule has 1 amide bonds. The lowest BCUT2D eigenvalue weighted by molar-refractivity contribution is -0.122. The molecule has 1 unspecified atom stereocenters. The maximum atomic E-state index is 12.4. The van der Waals surface area contributed by atoms with Crippen molar-refractivity contribution < 1.29 is 14.6 Å². The van der Waals surface area contributed by atoms with Crippen molar-refractivity contribution in [2.75, 3.05) is 7.11 Å². The zero-order chi connectivity index (χ0) is 15.9. The first-order valence-electron chi connectivity index (χ1n) is 7.34. The second-order valence-electron chi connectivity index (χ2n) is 5.08. The minimum atomic E-state index is -0.186. The van der Waals surface area contributed by atoms with Gasteiger partial charge in [-0.25, -0.2) is 0 Å². The monoisotopic (exact) mass is 299 g/mol. The number of aromatic hydroxyl groups is 1. The fourth-order valence-corrected chi connectivity index (χ4v) is 2.39. The third kappa shape index (κ3) is 3.79. The van der Waals surface area contributed by atoms with Gasteiger partial charge in [0.05, 0.1) is 13.0 Å². The van der Waals surface area contributed by atoms with Gasteiger partial charge >= 0.3 is 0 Å². The predicted molar refractivity (Wildman–Crippen MR) is 86.0 cm³/mol. The average molecular weight is 299 g/mol. The summed E-state index contributed by atoms with van der Waals surface area (Å²) >= 11 is 0. The molecule has 0 spiro atoms. The third-order valence-electron chi connectivity index (χ3n) is 3.67. The lowest BCUT2D eigenvalue weighted by Crippen LogP contribution is -2.28. The highest BCUT2D eigenvalue weighted by Gasteiger charge is 2.18. The van der Waals surface area contributed by atoms with Crippen molar-refractivity contribution in [3.05, 3.63) is 59.7 Å². The van der Waals surface area contributed by atoms with Crippen molar-refractivity contribution in [1.29, 1.82) is 0 Å². The van der Waals surface area contributed by atoms with E-state index in [1.807, 2.05) is 37.3 Å². The highest BCUT2D eigenvalue weighted by Crippen LogP contribution is 2.24. The lowest BCUT2D eigenvalue weighted by atomic mass is 9.95. The van der Waals surface area contributed by atoms with Crippen LogP contribution in [-0.2, 0) is 11.3 Å². The van der Waals surface area contributed by atoms with Crippen LogP contribution >= 0.6 is 0 Å². The van der Waals surface area contributed by atoms with Crippen LogP contribution in [0.4, 0.5) is 0 Å². The van der Waals surface area contributed by atoms with Crippen molar-refractivity contribution >= 4 is 5.91 Å². The van der Waals surface area contributed by atoms with Gasteiger partial charge in [0.15, 0.2) is 0 Å². The van der Waals surface area contributed by atoms with Crippen LogP contribution in [0.2, 0.25) is 0 Å². The Balaban J connectivity index is 2.06. The summed E-state index contributed by atoms with van der Waals surface area (Å²) < 4.78 is 5.13. The predicted octanol–water partition coefficient (Wildman–Crippen LogP) is 3.21. The molecule has 2 aromatic rings. The van der Waals surface area contributed by atoms with E-state index < -0.39 is 0 Å². The van der Waals surface area contributed by atoms with Gasteiger partial charge in [-0.1, -0.05) is 37.3 Å². The molecule has 0 aliphatic carbocycles. The molecule has 0 aliphatic rings. The van der Waals surface area contributed by atoms with Gasteiger partial charge in [-0.3, -0.25) is 4.79 Å². The van der Waals surface area contributed by atoms with Gasteiger partial charge in [0.25, 0.3) is 0 Å². The number of methoxy groups -OCH3 is 1. The first-order valence-corrected chi connectivity index (χ1v) is 7.34. The third-order valence-corrected chi connectivity index (χ3v) is 3.67. The summed E-state index contributed by atoms with van der Waals surface area (Å²) in [6.07, 6.45) is 0.722. The van der Waals surface area contributed by atoms with E-state index in [-0.39, 0.29) is 24.1 Å². The Hall–Kier alpha value is -2.49. The van der Waals surface area contributed by atoms with E-state index in [0.29, 0.717) is 11.3 Å². The Bertz CT molecular complexity index is 625. The van der Waals surface area contributed by atoms with E-state index in [2.05, 4.69) is 5.32 Å². The smallest absolute Gasteiger partial charge is 0.227 e. The minimum absolute atomic E-state index is 0.0454. The Morgan fingerprint density at radius 3 is 2.59 bits per heavy atom. The van der Waals surface area contributed by atoms with Gasteiger partial charge in [0, 0.05) is 12.1 Å². The zero-order valence-electron chi connectivity index (χ0n) is 12.9. The lowest BCUT2D eigenvalue weighted by Gasteiger charge is -2.16. The second-order valence-corrected chi connectivity index (χ2v) is 5.08. The summed E-state index contributed by atoms with van der Waals surface area (Å²) in [7, 11) is 1.57. The van der Waals surface area contributed by atoms with Gasteiger partial charge in [0.1, 0.15) is 11.5 Å². The molecule has 0 aliphatic heterocycles. The summed E-state index contributed by atoms with van der Waals surface area (Å²) in [6.45, 7) is 2.26. The van der Waals surface area contributed by atoms with Crippen molar-refractivity contribution in [1.82, 2.24) is 5.32 Å². The molecular weight excluding hydrogens is 278 g/mol. The molecule has 0 radical (unpaired) electrons. The largest absolute Gasteiger partial charge is 0.508 e. The number of carbonyl (C=O) groups excluding carboxylic acids is 1. The molecule has 0 saturated carbocycles. The summed E-state index contributed by atoms with van der Waals surface area (Å²) in [5, 5.41) is 12.7. The Morgan fingerprint density at radius 2 is 1.95 bits per heavy atom. The topological polar surface area (TPSA) is 58.6 Å². The molecule has 0 bridgehead atoms. The number of amides is 1. The van der Waals surface area contributed by atoms with E-state index in [4.69, 9.17) is 4.74 Å². The van der Waals surface area contributed by atoms with Crippen molar-refractivity contribution in [3.8, 4) is 11.5 Å². The van der Waals surface area contributed by atoms with E-state index in [1.54, 1.807) is 25.3 Å².